The zero-order valence-electron chi connectivity index (χ0n) is 12.3. The van der Waals surface area contributed by atoms with Crippen molar-refractivity contribution in [2.75, 3.05) is 5.75 Å². The van der Waals surface area contributed by atoms with Gasteiger partial charge in [0.1, 0.15) is 6.04 Å². The van der Waals surface area contributed by atoms with Gasteiger partial charge in [-0.25, -0.2) is 4.79 Å². The van der Waals surface area contributed by atoms with Crippen LogP contribution in [0.15, 0.2) is 17.5 Å². The molecule has 2 heterocycles. The summed E-state index contributed by atoms with van der Waals surface area (Å²) < 4.78 is 0. The number of carbonyl (C=O) groups is 2. The van der Waals surface area contributed by atoms with Gasteiger partial charge in [-0.2, -0.15) is 0 Å². The van der Waals surface area contributed by atoms with E-state index in [2.05, 4.69) is 6.07 Å². The summed E-state index contributed by atoms with van der Waals surface area (Å²) in [6, 6.07) is 3.41. The third kappa shape index (κ3) is 4.01. The fourth-order valence-corrected chi connectivity index (χ4v) is 4.79. The minimum atomic E-state index is -0.891. The summed E-state index contributed by atoms with van der Waals surface area (Å²) in [4.78, 5) is 26.7. The number of carboxylic acid groups (broad SMARTS) is 1. The predicted octanol–water partition coefficient (Wildman–Crippen LogP) is 3.08. The highest BCUT2D eigenvalue weighted by Crippen LogP contribution is 2.34. The molecule has 1 aromatic rings. The van der Waals surface area contributed by atoms with Crippen LogP contribution in [-0.4, -0.2) is 39.1 Å². The average Bonchev–Trinajstić information content (AvgIpc) is 3.07. The zero-order chi connectivity index (χ0) is 15.4. The van der Waals surface area contributed by atoms with Gasteiger partial charge in [-0.3, -0.25) is 4.79 Å². The molecule has 1 aromatic heterocycles. The first kappa shape index (κ1) is 16.4. The molecular formula is C15H21NO3S2. The molecule has 1 fully saturated rings. The van der Waals surface area contributed by atoms with E-state index < -0.39 is 12.0 Å². The van der Waals surface area contributed by atoms with Gasteiger partial charge in [0, 0.05) is 17.1 Å². The topological polar surface area (TPSA) is 57.6 Å². The van der Waals surface area contributed by atoms with Gasteiger partial charge in [-0.05, 0) is 30.2 Å². The number of amides is 1. The lowest BCUT2D eigenvalue weighted by Crippen LogP contribution is -2.47. The molecule has 0 saturated carbocycles. The molecule has 6 heteroatoms. The fourth-order valence-electron chi connectivity index (χ4n) is 2.55. The number of hydrogen-bond acceptors (Lipinski definition) is 4. The molecule has 2 atom stereocenters. The number of aliphatic carboxylic acids is 1. The molecule has 1 aliphatic rings. The lowest BCUT2D eigenvalue weighted by molar-refractivity contribution is -0.149. The lowest BCUT2D eigenvalue weighted by Gasteiger charge is -2.29. The van der Waals surface area contributed by atoms with Gasteiger partial charge < -0.3 is 10.0 Å². The van der Waals surface area contributed by atoms with E-state index in [1.54, 1.807) is 28.0 Å². The van der Waals surface area contributed by atoms with Gasteiger partial charge in [0.05, 0.1) is 5.37 Å². The Labute approximate surface area is 133 Å². The number of nitrogens with zero attached hydrogens (tertiary/aromatic N) is 1. The summed E-state index contributed by atoms with van der Waals surface area (Å²) in [6.45, 7) is 4.07. The van der Waals surface area contributed by atoms with Crippen molar-refractivity contribution in [2.45, 2.75) is 44.5 Å². The molecule has 1 saturated heterocycles. The summed E-state index contributed by atoms with van der Waals surface area (Å²) in [5.41, 5.74) is 0. The van der Waals surface area contributed by atoms with Crippen LogP contribution in [-0.2, 0) is 16.0 Å². The number of hydrogen-bond donors (Lipinski definition) is 1. The second-order valence-electron chi connectivity index (χ2n) is 5.56. The number of carbonyl (C=O) groups excluding carboxylic acids is 1. The van der Waals surface area contributed by atoms with Crippen LogP contribution in [0.3, 0.4) is 0 Å². The first-order valence-corrected chi connectivity index (χ1v) is 9.11. The molecule has 21 heavy (non-hydrogen) atoms. The maximum Gasteiger partial charge on any atom is 0.327 e. The number of carboxylic acids is 1. The van der Waals surface area contributed by atoms with Crippen LogP contribution in [0.2, 0.25) is 0 Å². The van der Waals surface area contributed by atoms with Crippen molar-refractivity contribution >= 4 is 35.0 Å². The standard InChI is InChI=1S/C15H21NO3S2/c1-10(2)14-16(12(9-21-14)15(18)19)13(17)7-3-5-11-6-4-8-20-11/h4,6,8,10,12,14H,3,5,7,9H2,1-2H3,(H,18,19). The molecule has 116 valence electrons. The Morgan fingerprint density at radius 2 is 2.24 bits per heavy atom. The summed E-state index contributed by atoms with van der Waals surface area (Å²) in [5.74, 6) is -0.157. The number of thiophene rings is 1. The molecule has 0 radical (unpaired) electrons. The van der Waals surface area contributed by atoms with Gasteiger partial charge >= 0.3 is 5.97 Å². The third-order valence-corrected chi connectivity index (χ3v) is 6.13. The maximum absolute atomic E-state index is 12.5. The lowest BCUT2D eigenvalue weighted by atomic mass is 10.1. The molecule has 0 aliphatic carbocycles. The SMILES string of the molecule is CC(C)C1SCC(C(=O)O)N1C(=O)CCCc1cccs1. The Balaban J connectivity index is 1.94. The molecule has 0 spiro atoms. The minimum Gasteiger partial charge on any atom is -0.480 e. The van der Waals surface area contributed by atoms with Crippen LogP contribution >= 0.6 is 23.1 Å². The fraction of sp³-hybridized carbons (Fsp3) is 0.600. The van der Waals surface area contributed by atoms with Gasteiger partial charge in [-0.15, -0.1) is 23.1 Å². The van der Waals surface area contributed by atoms with E-state index in [9.17, 15) is 14.7 Å². The molecule has 2 unspecified atom stereocenters. The second-order valence-corrected chi connectivity index (χ2v) is 7.74. The molecule has 4 nitrogen and oxygen atoms in total. The van der Waals surface area contributed by atoms with Gasteiger partial charge in [0.15, 0.2) is 0 Å². The molecule has 1 N–H and O–H groups in total. The number of aryl methyl sites for hydroxylation is 1. The highest BCUT2D eigenvalue weighted by molar-refractivity contribution is 8.00. The van der Waals surface area contributed by atoms with Crippen LogP contribution in [0, 0.1) is 5.92 Å². The first-order valence-electron chi connectivity index (χ1n) is 7.18. The predicted molar refractivity (Wildman–Crippen MR) is 86.6 cm³/mol. The summed E-state index contributed by atoms with van der Waals surface area (Å²) in [6.07, 6.45) is 2.08. The Kier molecular flexibility index (Phi) is 5.70. The largest absolute Gasteiger partial charge is 0.480 e. The second kappa shape index (κ2) is 7.31. The van der Waals surface area contributed by atoms with E-state index in [1.165, 1.54) is 4.88 Å². The normalized spacial score (nSPS) is 22.0. The van der Waals surface area contributed by atoms with Crippen molar-refractivity contribution in [3.63, 3.8) is 0 Å². The molecule has 2 rings (SSSR count). The van der Waals surface area contributed by atoms with Crippen molar-refractivity contribution in [2.24, 2.45) is 5.92 Å². The molecular weight excluding hydrogens is 306 g/mol. The van der Waals surface area contributed by atoms with Gasteiger partial charge in [0.25, 0.3) is 0 Å². The van der Waals surface area contributed by atoms with Crippen molar-refractivity contribution < 1.29 is 14.7 Å². The summed E-state index contributed by atoms with van der Waals surface area (Å²) in [5, 5.41) is 11.3. The van der Waals surface area contributed by atoms with Crippen molar-refractivity contribution in [1.29, 1.82) is 0 Å². The Hall–Kier alpha value is -1.01. The van der Waals surface area contributed by atoms with Gasteiger partial charge in [-0.1, -0.05) is 19.9 Å². The zero-order valence-corrected chi connectivity index (χ0v) is 14.0. The van der Waals surface area contributed by atoms with Crippen LogP contribution in [0.4, 0.5) is 0 Å². The van der Waals surface area contributed by atoms with Crippen LogP contribution in [0.25, 0.3) is 0 Å². The van der Waals surface area contributed by atoms with E-state index in [0.717, 1.165) is 12.8 Å². The van der Waals surface area contributed by atoms with Crippen LogP contribution < -0.4 is 0 Å². The average molecular weight is 327 g/mol. The van der Waals surface area contributed by atoms with Gasteiger partial charge in [0.2, 0.25) is 5.91 Å². The Bertz CT molecular complexity index is 487. The molecule has 0 aromatic carbocycles. The van der Waals surface area contributed by atoms with E-state index in [4.69, 9.17) is 0 Å². The van der Waals surface area contributed by atoms with Crippen LogP contribution in [0.1, 0.15) is 31.6 Å². The first-order chi connectivity index (χ1) is 10.0. The number of rotatable bonds is 6. The van der Waals surface area contributed by atoms with Crippen molar-refractivity contribution in [1.82, 2.24) is 4.90 Å². The van der Waals surface area contributed by atoms with E-state index in [-0.39, 0.29) is 17.2 Å². The van der Waals surface area contributed by atoms with Crippen molar-refractivity contribution in [3.8, 4) is 0 Å². The number of thioether (sulfide) groups is 1. The highest BCUT2D eigenvalue weighted by atomic mass is 32.2. The summed E-state index contributed by atoms with van der Waals surface area (Å²) >= 11 is 3.28. The van der Waals surface area contributed by atoms with E-state index in [1.807, 2.05) is 25.3 Å². The molecule has 0 bridgehead atoms. The Morgan fingerprint density at radius 3 is 2.81 bits per heavy atom. The molecule has 1 amide bonds. The van der Waals surface area contributed by atoms with Crippen molar-refractivity contribution in [3.05, 3.63) is 22.4 Å². The Morgan fingerprint density at radius 1 is 1.48 bits per heavy atom. The van der Waals surface area contributed by atoms with E-state index >= 15 is 0 Å². The minimum absolute atomic E-state index is 0.0136. The maximum atomic E-state index is 12.5. The molecule has 1 aliphatic heterocycles. The summed E-state index contributed by atoms with van der Waals surface area (Å²) in [7, 11) is 0. The highest BCUT2D eigenvalue weighted by Gasteiger charge is 2.42. The third-order valence-electron chi connectivity index (χ3n) is 3.57. The monoisotopic (exact) mass is 327 g/mol. The van der Waals surface area contributed by atoms with E-state index in [0.29, 0.717) is 12.2 Å². The quantitative estimate of drug-likeness (QED) is 0.872. The smallest absolute Gasteiger partial charge is 0.327 e. The van der Waals surface area contributed by atoms with Crippen LogP contribution in [0.5, 0.6) is 0 Å².